The normalized spacial score (nSPS) is 15.1. The topological polar surface area (TPSA) is 22.0 Å². The zero-order chi connectivity index (χ0) is 32.5. The summed E-state index contributed by atoms with van der Waals surface area (Å²) in [5.74, 6) is 0. The van der Waals surface area contributed by atoms with Crippen LogP contribution in [0.15, 0.2) is 182 Å². The Kier molecular flexibility index (Phi) is 6.19. The van der Waals surface area contributed by atoms with E-state index in [1.165, 1.54) is 11.1 Å². The first-order valence-corrected chi connectivity index (χ1v) is 18.4. The molecule has 0 bridgehead atoms. The lowest BCUT2D eigenvalue weighted by atomic mass is 9.98. The van der Waals surface area contributed by atoms with Crippen LogP contribution in [0.2, 0.25) is 0 Å². The summed E-state index contributed by atoms with van der Waals surface area (Å²) >= 11 is 0. The second-order valence-electron chi connectivity index (χ2n) is 12.9. The van der Waals surface area contributed by atoms with Gasteiger partial charge in [-0.2, -0.15) is 0 Å². The quantitative estimate of drug-likeness (QED) is 0.175. The second kappa shape index (κ2) is 10.8. The minimum atomic E-state index is -3.26. The summed E-state index contributed by atoms with van der Waals surface area (Å²) in [4.78, 5) is 0. The smallest absolute Gasteiger partial charge is 0.172 e. The second-order valence-corrected chi connectivity index (χ2v) is 15.5. The molecule has 8 aromatic carbocycles. The Labute approximate surface area is 284 Å². The van der Waals surface area contributed by atoms with E-state index >= 15 is 4.57 Å². The van der Waals surface area contributed by atoms with Crippen LogP contribution >= 0.6 is 7.14 Å². The Morgan fingerprint density at radius 2 is 1.00 bits per heavy atom. The van der Waals surface area contributed by atoms with Gasteiger partial charge in [0.05, 0.1) is 11.0 Å². The molecular weight excluding hydrogens is 613 g/mol. The minimum absolute atomic E-state index is 0.868. The van der Waals surface area contributed by atoms with Gasteiger partial charge >= 0.3 is 0 Å². The van der Waals surface area contributed by atoms with Gasteiger partial charge in [-0.1, -0.05) is 140 Å². The van der Waals surface area contributed by atoms with E-state index in [1.807, 2.05) is 30.3 Å². The number of rotatable bonds is 4. The molecule has 1 aromatic heterocycles. The molecule has 2 heterocycles. The van der Waals surface area contributed by atoms with Gasteiger partial charge in [0.1, 0.15) is 0 Å². The van der Waals surface area contributed by atoms with Crippen LogP contribution in [0, 0.1) is 0 Å². The molecule has 0 fully saturated rings. The van der Waals surface area contributed by atoms with E-state index in [0.717, 1.165) is 76.4 Å². The van der Waals surface area contributed by atoms with Gasteiger partial charge in [0.25, 0.3) is 0 Å². The Bertz CT molecular complexity index is 2720. The molecule has 0 N–H and O–H groups in total. The summed E-state index contributed by atoms with van der Waals surface area (Å²) in [6, 6.07) is 64.0. The van der Waals surface area contributed by atoms with Gasteiger partial charge < -0.3 is 9.13 Å². The van der Waals surface area contributed by atoms with Crippen molar-refractivity contribution in [2.75, 3.05) is 0 Å². The third-order valence-corrected chi connectivity index (χ3v) is 13.3. The maximum Gasteiger partial charge on any atom is 0.172 e. The molecule has 1 atom stereocenters. The Morgan fingerprint density at radius 1 is 0.429 bits per heavy atom. The van der Waals surface area contributed by atoms with Crippen LogP contribution in [-0.4, -0.2) is 4.57 Å². The summed E-state index contributed by atoms with van der Waals surface area (Å²) < 4.78 is 18.5. The number of hydrogen-bond acceptors (Lipinski definition) is 1. The molecule has 10 rings (SSSR count). The van der Waals surface area contributed by atoms with Crippen molar-refractivity contribution in [1.82, 2.24) is 4.57 Å². The molecule has 49 heavy (non-hydrogen) atoms. The monoisotopic (exact) mass is 643 g/mol. The molecule has 0 amide bonds. The molecule has 0 radical (unpaired) electrons. The molecule has 3 heteroatoms. The average Bonchev–Trinajstić information content (AvgIpc) is 3.64. The molecule has 0 spiro atoms. The van der Waals surface area contributed by atoms with Crippen LogP contribution in [0.3, 0.4) is 0 Å². The van der Waals surface area contributed by atoms with Gasteiger partial charge in [-0.15, -0.1) is 0 Å². The van der Waals surface area contributed by atoms with E-state index < -0.39 is 7.14 Å². The van der Waals surface area contributed by atoms with E-state index in [4.69, 9.17) is 0 Å². The van der Waals surface area contributed by atoms with Gasteiger partial charge in [0, 0.05) is 32.4 Å². The van der Waals surface area contributed by atoms with E-state index in [0.29, 0.717) is 0 Å². The first-order chi connectivity index (χ1) is 24.2. The summed E-state index contributed by atoms with van der Waals surface area (Å²) in [7, 11) is -3.26. The number of aromatic nitrogens is 1. The molecule has 2 nitrogen and oxygen atoms in total. The van der Waals surface area contributed by atoms with Crippen molar-refractivity contribution in [3.05, 3.63) is 182 Å². The number of nitrogens with zero attached hydrogens (tertiary/aromatic N) is 1. The SMILES string of the molecule is O=P1(c2ccccc2)c2cc3ccccc3cc2-c2ccc3c(c21)c1ccccc1n3-c1cc(-c2ccccc2)cc(-c2ccccc2)c1. The molecule has 0 saturated heterocycles. The molecule has 230 valence electrons. The first-order valence-electron chi connectivity index (χ1n) is 16.7. The third kappa shape index (κ3) is 4.18. The Hall–Kier alpha value is -5.95. The van der Waals surface area contributed by atoms with Gasteiger partial charge in [-0.25, -0.2) is 0 Å². The number of benzene rings is 8. The highest BCUT2D eigenvalue weighted by Crippen LogP contribution is 2.55. The predicted octanol–water partition coefficient (Wildman–Crippen LogP) is 10.9. The number of hydrogen-bond donors (Lipinski definition) is 0. The molecule has 1 aliphatic rings. The van der Waals surface area contributed by atoms with Crippen molar-refractivity contribution in [2.24, 2.45) is 0 Å². The van der Waals surface area contributed by atoms with Crippen molar-refractivity contribution in [3.63, 3.8) is 0 Å². The van der Waals surface area contributed by atoms with Gasteiger partial charge in [-0.3, -0.25) is 0 Å². The fourth-order valence-corrected chi connectivity index (χ4v) is 11.2. The summed E-state index contributed by atoms with van der Waals surface area (Å²) in [5, 5.41) is 7.17. The Morgan fingerprint density at radius 3 is 1.67 bits per heavy atom. The van der Waals surface area contributed by atoms with Crippen molar-refractivity contribution in [1.29, 1.82) is 0 Å². The third-order valence-electron chi connectivity index (χ3n) is 10.1. The van der Waals surface area contributed by atoms with E-state index in [2.05, 4.69) is 156 Å². The van der Waals surface area contributed by atoms with E-state index in [-0.39, 0.29) is 0 Å². The lowest BCUT2D eigenvalue weighted by Gasteiger charge is -2.18. The summed E-state index contributed by atoms with van der Waals surface area (Å²) in [5.41, 5.74) is 9.98. The number of fused-ring (bicyclic) bond motifs is 8. The summed E-state index contributed by atoms with van der Waals surface area (Å²) in [6.45, 7) is 0. The van der Waals surface area contributed by atoms with Crippen molar-refractivity contribution in [2.45, 2.75) is 0 Å². The maximum absolute atomic E-state index is 16.2. The van der Waals surface area contributed by atoms with E-state index in [9.17, 15) is 0 Å². The summed E-state index contributed by atoms with van der Waals surface area (Å²) in [6.07, 6.45) is 0. The fraction of sp³-hybridized carbons (Fsp3) is 0. The van der Waals surface area contributed by atoms with Crippen LogP contribution in [0.1, 0.15) is 0 Å². The van der Waals surface area contributed by atoms with Crippen LogP contribution in [0.4, 0.5) is 0 Å². The standard InChI is InChI=1S/C46H30NOP/c48-49(38-20-8-3-9-21-38)44-30-34-19-11-10-18-33(34)29-41(44)39-24-25-43-45(46(39)49)40-22-12-13-23-42(40)47(43)37-27-35(31-14-4-1-5-15-31)26-36(28-37)32-16-6-2-7-17-32/h1-30H. The fourth-order valence-electron chi connectivity index (χ4n) is 7.93. The molecule has 0 aliphatic carbocycles. The molecule has 9 aromatic rings. The molecule has 1 unspecified atom stereocenters. The van der Waals surface area contributed by atoms with Crippen LogP contribution in [-0.2, 0) is 4.57 Å². The minimum Gasteiger partial charge on any atom is -0.309 e. The number of para-hydroxylation sites is 1. The average molecular weight is 644 g/mol. The largest absolute Gasteiger partial charge is 0.309 e. The predicted molar refractivity (Wildman–Crippen MR) is 208 cm³/mol. The van der Waals surface area contributed by atoms with Gasteiger partial charge in [0.2, 0.25) is 0 Å². The van der Waals surface area contributed by atoms with Gasteiger partial charge in [0.15, 0.2) is 7.14 Å². The van der Waals surface area contributed by atoms with Gasteiger partial charge in [-0.05, 0) is 86.6 Å². The van der Waals surface area contributed by atoms with Crippen molar-refractivity contribution >= 4 is 55.6 Å². The maximum atomic E-state index is 16.2. The molecular formula is C46H30NOP. The highest BCUT2D eigenvalue weighted by atomic mass is 31.2. The van der Waals surface area contributed by atoms with Crippen LogP contribution in [0.25, 0.3) is 71.6 Å². The highest BCUT2D eigenvalue weighted by molar-refractivity contribution is 7.87. The lowest BCUT2D eigenvalue weighted by Crippen LogP contribution is -2.21. The zero-order valence-corrected chi connectivity index (χ0v) is 27.5. The zero-order valence-electron chi connectivity index (χ0n) is 26.6. The van der Waals surface area contributed by atoms with Crippen molar-refractivity contribution < 1.29 is 4.57 Å². The lowest BCUT2D eigenvalue weighted by molar-refractivity contribution is 0.593. The highest BCUT2D eigenvalue weighted by Gasteiger charge is 2.42. The van der Waals surface area contributed by atoms with Crippen LogP contribution < -0.4 is 15.9 Å². The van der Waals surface area contributed by atoms with E-state index in [1.54, 1.807) is 0 Å². The van der Waals surface area contributed by atoms with Crippen LogP contribution in [0.5, 0.6) is 0 Å². The first kappa shape index (κ1) is 28.1. The molecule has 1 aliphatic heterocycles. The molecule has 0 saturated carbocycles. The Balaban J connectivity index is 1.33. The van der Waals surface area contributed by atoms with Crippen molar-refractivity contribution in [3.8, 4) is 39.1 Å².